The molecule has 0 aliphatic carbocycles. The molecule has 0 amide bonds. The smallest absolute Gasteiger partial charge is 0.118 e. The van der Waals surface area contributed by atoms with Crippen molar-refractivity contribution < 1.29 is 14.6 Å². The Labute approximate surface area is 111 Å². The normalized spacial score (nSPS) is 13.4. The van der Waals surface area contributed by atoms with Crippen molar-refractivity contribution in [3.05, 3.63) is 29.8 Å². The van der Waals surface area contributed by atoms with E-state index >= 15 is 0 Å². The number of methoxy groups -OCH3 is 1. The third-order valence-electron chi connectivity index (χ3n) is 2.70. The van der Waals surface area contributed by atoms with E-state index in [1.165, 1.54) is 0 Å². The van der Waals surface area contributed by atoms with Gasteiger partial charge in [-0.25, -0.2) is 0 Å². The zero-order chi connectivity index (χ0) is 13.6. The molecule has 4 heteroatoms. The van der Waals surface area contributed by atoms with Crippen LogP contribution >= 0.6 is 0 Å². The molecular weight excluding hydrogens is 244 g/mol. The lowest BCUT2D eigenvalue weighted by molar-refractivity contribution is 0.0377. The van der Waals surface area contributed by atoms with Gasteiger partial charge in [0.25, 0.3) is 0 Å². The van der Waals surface area contributed by atoms with Gasteiger partial charge in [-0.1, -0.05) is 31.8 Å². The lowest BCUT2D eigenvalue weighted by atomic mass is 10.1. The fraction of sp³-hybridized carbons (Fsp3) is 0.571. The fourth-order valence-electron chi connectivity index (χ4n) is 1.84. The Morgan fingerprint density at radius 2 is 1.78 bits per heavy atom. The summed E-state index contributed by atoms with van der Waals surface area (Å²) in [6, 6.07) is 9.05. The lowest BCUT2D eigenvalue weighted by Crippen LogP contribution is -2.24. The molecule has 0 fully saturated rings. The third kappa shape index (κ3) is 5.21. The maximum Gasteiger partial charge on any atom is 0.118 e. The van der Waals surface area contributed by atoms with Crippen LogP contribution in [-0.4, -0.2) is 33.5 Å². The minimum Gasteiger partial charge on any atom is -0.497 e. The summed E-state index contributed by atoms with van der Waals surface area (Å²) in [4.78, 5) is 0. The molecule has 0 radical (unpaired) electrons. The van der Waals surface area contributed by atoms with Gasteiger partial charge in [-0.3, -0.25) is 0 Å². The molecule has 0 aromatic heterocycles. The first-order valence-corrected chi connectivity index (χ1v) is 10.0. The highest BCUT2D eigenvalue weighted by atomic mass is 28.3. The highest BCUT2D eigenvalue weighted by Gasteiger charge is 2.22. The molecule has 3 nitrogen and oxygen atoms in total. The highest BCUT2D eigenvalue weighted by molar-refractivity contribution is 6.76. The molecule has 1 rings (SSSR count). The molecule has 0 heterocycles. The van der Waals surface area contributed by atoms with Crippen LogP contribution in [0.4, 0.5) is 0 Å². The molecule has 0 spiro atoms. The van der Waals surface area contributed by atoms with Crippen LogP contribution in [-0.2, 0) is 4.74 Å². The molecule has 1 unspecified atom stereocenters. The maximum atomic E-state index is 8.91. The Kier molecular flexibility index (Phi) is 5.85. The van der Waals surface area contributed by atoms with Crippen LogP contribution in [0.25, 0.3) is 0 Å². The number of hydrogen-bond acceptors (Lipinski definition) is 3. The summed E-state index contributed by atoms with van der Waals surface area (Å²) >= 11 is 0. The number of aliphatic hydroxyl groups excluding tert-OH is 1. The monoisotopic (exact) mass is 268 g/mol. The zero-order valence-corrected chi connectivity index (χ0v) is 12.8. The van der Waals surface area contributed by atoms with Crippen LogP contribution in [0.15, 0.2) is 24.3 Å². The van der Waals surface area contributed by atoms with Crippen molar-refractivity contribution in [2.45, 2.75) is 31.8 Å². The SMILES string of the molecule is COc1ccc(C(C[Si](C)(C)C)OCCO)cc1. The minimum absolute atomic E-state index is 0.0678. The second-order valence-electron chi connectivity index (χ2n) is 5.62. The summed E-state index contributed by atoms with van der Waals surface area (Å²) < 4.78 is 10.9. The molecule has 0 aliphatic rings. The molecule has 1 aromatic rings. The van der Waals surface area contributed by atoms with E-state index in [2.05, 4.69) is 19.6 Å². The van der Waals surface area contributed by atoms with Gasteiger partial charge in [-0.15, -0.1) is 0 Å². The first kappa shape index (κ1) is 15.2. The van der Waals surface area contributed by atoms with E-state index in [0.29, 0.717) is 6.61 Å². The number of rotatable bonds is 7. The van der Waals surface area contributed by atoms with Crippen molar-refractivity contribution in [2.24, 2.45) is 0 Å². The molecule has 0 bridgehead atoms. The van der Waals surface area contributed by atoms with Gasteiger partial charge in [0.15, 0.2) is 0 Å². The van der Waals surface area contributed by atoms with Gasteiger partial charge >= 0.3 is 0 Å². The van der Waals surface area contributed by atoms with E-state index in [0.717, 1.165) is 17.4 Å². The van der Waals surface area contributed by atoms with Crippen molar-refractivity contribution in [1.82, 2.24) is 0 Å². The molecule has 0 saturated heterocycles. The number of aliphatic hydroxyl groups is 1. The van der Waals surface area contributed by atoms with Crippen LogP contribution in [0.3, 0.4) is 0 Å². The number of ether oxygens (including phenoxy) is 2. The topological polar surface area (TPSA) is 38.7 Å². The second-order valence-corrected chi connectivity index (χ2v) is 11.2. The van der Waals surface area contributed by atoms with Crippen LogP contribution in [0, 0.1) is 0 Å². The van der Waals surface area contributed by atoms with Crippen molar-refractivity contribution in [1.29, 1.82) is 0 Å². The summed E-state index contributed by atoms with van der Waals surface area (Å²) in [6.07, 6.45) is 0.0784. The molecular formula is C14H24O3Si. The number of hydrogen-bond donors (Lipinski definition) is 1. The maximum absolute atomic E-state index is 8.91. The quantitative estimate of drug-likeness (QED) is 0.772. The van der Waals surface area contributed by atoms with Gasteiger partial charge in [0.2, 0.25) is 0 Å². The van der Waals surface area contributed by atoms with E-state index in [-0.39, 0.29) is 12.7 Å². The second kappa shape index (κ2) is 6.92. The van der Waals surface area contributed by atoms with E-state index in [1.54, 1.807) is 7.11 Å². The van der Waals surface area contributed by atoms with Crippen LogP contribution < -0.4 is 4.74 Å². The zero-order valence-electron chi connectivity index (χ0n) is 11.8. The lowest BCUT2D eigenvalue weighted by Gasteiger charge is -2.25. The first-order chi connectivity index (χ1) is 8.46. The van der Waals surface area contributed by atoms with Gasteiger partial charge in [-0.2, -0.15) is 0 Å². The highest BCUT2D eigenvalue weighted by Crippen LogP contribution is 2.28. The van der Waals surface area contributed by atoms with Crippen molar-refractivity contribution in [2.75, 3.05) is 20.3 Å². The largest absolute Gasteiger partial charge is 0.497 e. The van der Waals surface area contributed by atoms with Gasteiger partial charge in [-0.05, 0) is 23.7 Å². The van der Waals surface area contributed by atoms with Crippen molar-refractivity contribution in [3.8, 4) is 5.75 Å². The molecule has 1 aromatic carbocycles. The minimum atomic E-state index is -1.21. The Hall–Kier alpha value is -0.843. The third-order valence-corrected chi connectivity index (χ3v) is 4.29. The average molecular weight is 268 g/mol. The molecule has 0 aliphatic heterocycles. The molecule has 0 saturated carbocycles. The Morgan fingerprint density at radius 3 is 2.22 bits per heavy atom. The van der Waals surface area contributed by atoms with E-state index in [4.69, 9.17) is 14.6 Å². The summed E-state index contributed by atoms with van der Waals surface area (Å²) in [6.45, 7) is 7.43. The van der Waals surface area contributed by atoms with Gasteiger partial charge < -0.3 is 14.6 Å². The van der Waals surface area contributed by atoms with Gasteiger partial charge in [0, 0.05) is 8.07 Å². The van der Waals surface area contributed by atoms with E-state index in [1.807, 2.05) is 24.3 Å². The number of benzene rings is 1. The van der Waals surface area contributed by atoms with Crippen molar-refractivity contribution >= 4 is 8.07 Å². The molecule has 1 atom stereocenters. The predicted octanol–water partition coefficient (Wildman–Crippen LogP) is 3.08. The van der Waals surface area contributed by atoms with Crippen molar-refractivity contribution in [3.63, 3.8) is 0 Å². The van der Waals surface area contributed by atoms with E-state index in [9.17, 15) is 0 Å². The van der Waals surface area contributed by atoms with Crippen LogP contribution in [0.2, 0.25) is 25.7 Å². The van der Waals surface area contributed by atoms with Gasteiger partial charge in [0.1, 0.15) is 5.75 Å². The standard InChI is InChI=1S/C14H24O3Si/c1-16-13-7-5-12(6-8-13)14(17-10-9-15)11-18(2,3)4/h5-8,14-15H,9-11H2,1-4H3. The summed E-state index contributed by atoms with van der Waals surface area (Å²) in [7, 11) is 0.451. The Bertz CT molecular complexity index is 343. The van der Waals surface area contributed by atoms with Crippen LogP contribution in [0.1, 0.15) is 11.7 Å². The summed E-state index contributed by atoms with van der Waals surface area (Å²) in [5.74, 6) is 0.854. The molecule has 18 heavy (non-hydrogen) atoms. The Balaban J connectivity index is 2.79. The summed E-state index contributed by atoms with van der Waals surface area (Å²) in [5.41, 5.74) is 1.16. The summed E-state index contributed by atoms with van der Waals surface area (Å²) in [5, 5.41) is 8.91. The van der Waals surface area contributed by atoms with Crippen LogP contribution in [0.5, 0.6) is 5.75 Å². The Morgan fingerprint density at radius 1 is 1.17 bits per heavy atom. The van der Waals surface area contributed by atoms with Gasteiger partial charge in [0.05, 0.1) is 26.4 Å². The molecule has 1 N–H and O–H groups in total. The van der Waals surface area contributed by atoms with E-state index < -0.39 is 8.07 Å². The fourth-order valence-corrected chi connectivity index (χ4v) is 3.31. The predicted molar refractivity (Wildman–Crippen MR) is 76.9 cm³/mol. The molecule has 102 valence electrons. The first-order valence-electron chi connectivity index (χ1n) is 6.32. The average Bonchev–Trinajstić information content (AvgIpc) is 2.33.